The number of nitrogens with zero attached hydrogens (tertiary/aromatic N) is 2. The molecule has 1 aliphatic heterocycles. The average molecular weight is 87.8 g/mol. The summed E-state index contributed by atoms with van der Waals surface area (Å²) in [6.45, 7) is 0. The molecule has 0 saturated heterocycles. The van der Waals surface area contributed by atoms with Crippen LogP contribution in [0.15, 0.2) is 10.6 Å². The van der Waals surface area contributed by atoms with Gasteiger partial charge in [-0.1, -0.05) is 0 Å². The monoisotopic (exact) mass is 88.0 g/mol. The standard InChI is InChI=1S/BHN2O3/c4-1-5-2-3-6-1/h4H. The lowest BCUT2D eigenvalue weighted by Crippen LogP contribution is -2.10. The van der Waals surface area contributed by atoms with Crippen LogP contribution in [-0.2, 0) is 9.51 Å². The maximum Gasteiger partial charge on any atom is 0.831 e. The zero-order valence-corrected chi connectivity index (χ0v) is 2.74. The Morgan fingerprint density at radius 1 is 1.33 bits per heavy atom. The van der Waals surface area contributed by atoms with Gasteiger partial charge in [0.2, 0.25) is 0 Å². The predicted octanol–water partition coefficient (Wildman–Crippen LogP) is -0.707. The highest BCUT2D eigenvalue weighted by Crippen LogP contribution is 1.95. The minimum atomic E-state index is -1.29. The molecule has 1 heterocycles. The molecule has 0 radical (unpaired) electrons. The summed E-state index contributed by atoms with van der Waals surface area (Å²) in [6.07, 6.45) is 0. The summed E-state index contributed by atoms with van der Waals surface area (Å²) in [5.74, 6) is 0. The van der Waals surface area contributed by atoms with Gasteiger partial charge in [-0.25, -0.2) is 0 Å². The van der Waals surface area contributed by atoms with Crippen molar-refractivity contribution in [2.24, 2.45) is 10.6 Å². The normalized spacial score (nSPS) is 17.2. The molecular weight excluding hydrogens is 86.8 g/mol. The number of hydrogen-bond donors (Lipinski definition) is 1. The molecule has 0 saturated carbocycles. The summed E-state index contributed by atoms with van der Waals surface area (Å²) in [6, 6.07) is 0. The van der Waals surface area contributed by atoms with Crippen LogP contribution in [-0.4, -0.2) is 12.3 Å². The van der Waals surface area contributed by atoms with Gasteiger partial charge in [0, 0.05) is 10.6 Å². The van der Waals surface area contributed by atoms with Gasteiger partial charge in [0.05, 0.1) is 0 Å². The van der Waals surface area contributed by atoms with Crippen LogP contribution in [0.4, 0.5) is 0 Å². The Morgan fingerprint density at radius 3 is 2.00 bits per heavy atom. The summed E-state index contributed by atoms with van der Waals surface area (Å²) >= 11 is 0. The molecule has 0 bridgehead atoms. The van der Waals surface area contributed by atoms with E-state index in [0.29, 0.717) is 0 Å². The van der Waals surface area contributed by atoms with Crippen molar-refractivity contribution in [2.75, 3.05) is 0 Å². The average Bonchev–Trinajstić information content (AvgIpc) is 1.86. The smallest absolute Gasteiger partial charge is 0.375 e. The summed E-state index contributed by atoms with van der Waals surface area (Å²) in [5, 5.41) is 13.7. The van der Waals surface area contributed by atoms with Crippen LogP contribution in [0.25, 0.3) is 0 Å². The summed E-state index contributed by atoms with van der Waals surface area (Å²) < 4.78 is 7.89. The van der Waals surface area contributed by atoms with Crippen LogP contribution >= 0.6 is 0 Å². The Balaban J connectivity index is 2.32. The SMILES string of the molecule is OB1ON=NO1. The maximum atomic E-state index is 8.10. The molecule has 0 aromatic heterocycles. The Hall–Kier alpha value is -0.775. The van der Waals surface area contributed by atoms with Crippen LogP contribution in [0.5, 0.6) is 0 Å². The quantitative estimate of drug-likeness (QED) is 0.398. The minimum Gasteiger partial charge on any atom is -0.375 e. The third-order valence-electron chi connectivity index (χ3n) is 0.308. The van der Waals surface area contributed by atoms with E-state index >= 15 is 0 Å². The van der Waals surface area contributed by atoms with Gasteiger partial charge in [-0.3, -0.25) is 0 Å². The first-order chi connectivity index (χ1) is 2.89. The fraction of sp³-hybridized carbons (Fsp3) is 0. The van der Waals surface area contributed by atoms with E-state index in [4.69, 9.17) is 5.02 Å². The second-order valence-electron chi connectivity index (χ2n) is 0.681. The van der Waals surface area contributed by atoms with Crippen LogP contribution < -0.4 is 0 Å². The molecule has 5 nitrogen and oxygen atoms in total. The molecule has 0 unspecified atom stereocenters. The van der Waals surface area contributed by atoms with Crippen LogP contribution in [0.2, 0.25) is 0 Å². The molecule has 1 rings (SSSR count). The Kier molecular flexibility index (Phi) is 0.646. The van der Waals surface area contributed by atoms with Crippen molar-refractivity contribution in [3.63, 3.8) is 0 Å². The van der Waals surface area contributed by atoms with E-state index in [-0.39, 0.29) is 0 Å². The van der Waals surface area contributed by atoms with Gasteiger partial charge in [0.15, 0.2) is 0 Å². The highest BCUT2D eigenvalue weighted by Gasteiger charge is 2.24. The lowest BCUT2D eigenvalue weighted by atomic mass is 10.3. The first-order valence-electron chi connectivity index (χ1n) is 1.29. The summed E-state index contributed by atoms with van der Waals surface area (Å²) in [4.78, 5) is 0. The van der Waals surface area contributed by atoms with Gasteiger partial charge < -0.3 is 14.5 Å². The zero-order chi connectivity index (χ0) is 4.41. The molecule has 0 amide bonds. The molecule has 1 aliphatic rings. The van der Waals surface area contributed by atoms with Crippen molar-refractivity contribution in [3.05, 3.63) is 0 Å². The maximum absolute atomic E-state index is 8.10. The minimum absolute atomic E-state index is 1.29. The zero-order valence-electron chi connectivity index (χ0n) is 2.74. The lowest BCUT2D eigenvalue weighted by Gasteiger charge is -1.80. The van der Waals surface area contributed by atoms with E-state index < -0.39 is 7.32 Å². The molecule has 6 heteroatoms. The van der Waals surface area contributed by atoms with Crippen molar-refractivity contribution >= 4 is 7.32 Å². The molecule has 32 valence electrons. The molecule has 6 heavy (non-hydrogen) atoms. The van der Waals surface area contributed by atoms with Crippen LogP contribution in [0.3, 0.4) is 0 Å². The molecule has 0 aromatic rings. The van der Waals surface area contributed by atoms with E-state index in [1.807, 2.05) is 0 Å². The van der Waals surface area contributed by atoms with E-state index in [9.17, 15) is 0 Å². The largest absolute Gasteiger partial charge is 0.831 e. The fourth-order valence-corrected chi connectivity index (χ4v) is 0.138. The van der Waals surface area contributed by atoms with Gasteiger partial charge in [-0.05, 0) is 0 Å². The van der Waals surface area contributed by atoms with E-state index in [0.717, 1.165) is 0 Å². The highest BCUT2D eigenvalue weighted by molar-refractivity contribution is 6.34. The van der Waals surface area contributed by atoms with Gasteiger partial charge in [-0.2, -0.15) is 0 Å². The van der Waals surface area contributed by atoms with E-state index in [1.165, 1.54) is 0 Å². The van der Waals surface area contributed by atoms with Crippen molar-refractivity contribution < 1.29 is 14.5 Å². The summed E-state index contributed by atoms with van der Waals surface area (Å²) in [7, 11) is -1.29. The van der Waals surface area contributed by atoms with E-state index in [2.05, 4.69) is 20.1 Å². The molecule has 1 N–H and O–H groups in total. The second-order valence-corrected chi connectivity index (χ2v) is 0.681. The topological polar surface area (TPSA) is 63.4 Å². The third-order valence-corrected chi connectivity index (χ3v) is 0.308. The molecule has 0 atom stereocenters. The van der Waals surface area contributed by atoms with Crippen molar-refractivity contribution in [1.29, 1.82) is 0 Å². The first-order valence-corrected chi connectivity index (χ1v) is 1.29. The number of hydrogen-bond acceptors (Lipinski definition) is 5. The second kappa shape index (κ2) is 1.13. The van der Waals surface area contributed by atoms with Gasteiger partial charge in [-0.15, -0.1) is 0 Å². The van der Waals surface area contributed by atoms with Gasteiger partial charge >= 0.3 is 7.32 Å². The highest BCUT2D eigenvalue weighted by atomic mass is 16.9. The van der Waals surface area contributed by atoms with Crippen molar-refractivity contribution in [3.8, 4) is 0 Å². The molecule has 0 aliphatic carbocycles. The Morgan fingerprint density at radius 2 is 1.83 bits per heavy atom. The van der Waals surface area contributed by atoms with E-state index in [1.54, 1.807) is 0 Å². The molecular formula is HBN2O3. The van der Waals surface area contributed by atoms with Gasteiger partial charge in [0.25, 0.3) is 0 Å². The third kappa shape index (κ3) is 0.412. The van der Waals surface area contributed by atoms with Gasteiger partial charge in [0.1, 0.15) is 0 Å². The molecule has 0 spiro atoms. The first kappa shape index (κ1) is 3.42. The predicted molar refractivity (Wildman–Crippen MR) is 15.0 cm³/mol. The summed E-state index contributed by atoms with van der Waals surface area (Å²) in [5.41, 5.74) is 0. The fourth-order valence-electron chi connectivity index (χ4n) is 0.138. The molecule has 0 fully saturated rings. The Bertz CT molecular complexity index is 63.2. The van der Waals surface area contributed by atoms with Crippen molar-refractivity contribution in [1.82, 2.24) is 0 Å². The Labute approximate surface area is 33.7 Å². The van der Waals surface area contributed by atoms with Crippen molar-refractivity contribution in [2.45, 2.75) is 0 Å². The molecule has 0 aromatic carbocycles. The van der Waals surface area contributed by atoms with Crippen LogP contribution in [0, 0.1) is 0 Å². The number of rotatable bonds is 0. The van der Waals surface area contributed by atoms with Crippen LogP contribution in [0.1, 0.15) is 0 Å². The lowest BCUT2D eigenvalue weighted by molar-refractivity contribution is 0.225.